The third-order valence-electron chi connectivity index (χ3n) is 1.95. The van der Waals surface area contributed by atoms with E-state index in [-0.39, 0.29) is 11.8 Å². The molecule has 0 saturated carbocycles. The van der Waals surface area contributed by atoms with Gasteiger partial charge >= 0.3 is 0 Å². The molecule has 4 N–H and O–H groups in total. The van der Waals surface area contributed by atoms with E-state index >= 15 is 0 Å². The monoisotopic (exact) mass is 344 g/mol. The highest BCUT2D eigenvalue weighted by atomic mass is 16.2. The fourth-order valence-electron chi connectivity index (χ4n) is 0.873. The number of carbonyl (C=O) groups excluding carboxylic acids is 2. The Balaban J connectivity index is -0.000000118. The van der Waals surface area contributed by atoms with Gasteiger partial charge in [-0.2, -0.15) is 0 Å². The van der Waals surface area contributed by atoms with E-state index in [1.54, 1.807) is 13.8 Å². The van der Waals surface area contributed by atoms with Crippen LogP contribution in [0, 0.1) is 0 Å². The molecule has 0 atom stereocenters. The van der Waals surface area contributed by atoms with Gasteiger partial charge in [-0.15, -0.1) is 0 Å². The number of amides is 2. The van der Waals surface area contributed by atoms with E-state index < -0.39 is 0 Å². The summed E-state index contributed by atoms with van der Waals surface area (Å²) in [4.78, 5) is 21.1. The lowest BCUT2D eigenvalue weighted by molar-refractivity contribution is -0.118. The molecule has 0 aromatic heterocycles. The van der Waals surface area contributed by atoms with Crippen molar-refractivity contribution in [3.05, 3.63) is 24.3 Å². The van der Waals surface area contributed by atoms with Crippen molar-refractivity contribution >= 4 is 11.8 Å². The van der Waals surface area contributed by atoms with Gasteiger partial charge in [-0.25, -0.2) is 0 Å². The number of hydrogen-bond donors (Lipinski definition) is 4. The Morgan fingerprint density at radius 3 is 1.00 bits per heavy atom. The molecule has 0 aliphatic heterocycles. The molecule has 24 heavy (non-hydrogen) atoms. The molecular weight excluding hydrogens is 304 g/mol. The lowest BCUT2D eigenvalue weighted by atomic mass is 10.3. The summed E-state index contributed by atoms with van der Waals surface area (Å²) in [6, 6.07) is 0. The maximum Gasteiger partial charge on any atom is 0.246 e. The molecule has 0 aromatic rings. The van der Waals surface area contributed by atoms with Crippen LogP contribution in [0.3, 0.4) is 0 Å². The summed E-state index contributed by atoms with van der Waals surface area (Å²) in [6.45, 7) is 21.8. The van der Waals surface area contributed by atoms with E-state index in [9.17, 15) is 9.59 Å². The molecule has 0 saturated heterocycles. The average molecular weight is 345 g/mol. The Kier molecular flexibility index (Phi) is 33.1. The van der Waals surface area contributed by atoms with Crippen LogP contribution in [-0.2, 0) is 9.59 Å². The minimum atomic E-state index is -0.0625. The minimum Gasteiger partial charge on any atom is -0.353 e. The molecule has 0 bridgehead atoms. The van der Waals surface area contributed by atoms with Crippen LogP contribution in [0.4, 0.5) is 0 Å². The minimum absolute atomic E-state index is 0.0625. The first-order chi connectivity index (χ1) is 11.2. The van der Waals surface area contributed by atoms with Crippen LogP contribution in [0.2, 0.25) is 0 Å². The third-order valence-corrected chi connectivity index (χ3v) is 1.95. The molecule has 0 aliphatic rings. The summed E-state index contributed by atoms with van der Waals surface area (Å²) in [5.74, 6) is -0.125. The molecule has 0 rings (SSSR count). The van der Waals surface area contributed by atoms with Gasteiger partial charge in [0.15, 0.2) is 0 Å². The van der Waals surface area contributed by atoms with Gasteiger partial charge in [0, 0.05) is 24.2 Å². The Morgan fingerprint density at radius 1 is 0.708 bits per heavy atom. The topological polar surface area (TPSA) is 82.3 Å². The van der Waals surface area contributed by atoms with Crippen molar-refractivity contribution in [3.63, 3.8) is 0 Å². The summed E-state index contributed by atoms with van der Waals surface area (Å²) in [6.07, 6.45) is 0. The molecule has 0 radical (unpaired) electrons. The molecule has 144 valence electrons. The van der Waals surface area contributed by atoms with Gasteiger partial charge in [0.05, 0.1) is 0 Å². The summed E-state index contributed by atoms with van der Waals surface area (Å²) in [5, 5.41) is 11.1. The summed E-state index contributed by atoms with van der Waals surface area (Å²) < 4.78 is 0. The van der Waals surface area contributed by atoms with Crippen molar-refractivity contribution in [1.29, 1.82) is 0 Å². The molecule has 2 amide bonds. The van der Waals surface area contributed by atoms with E-state index in [0.717, 1.165) is 13.1 Å². The maximum absolute atomic E-state index is 10.5. The van der Waals surface area contributed by atoms with E-state index in [4.69, 9.17) is 0 Å². The highest BCUT2D eigenvalue weighted by Gasteiger charge is 1.95. The summed E-state index contributed by atoms with van der Waals surface area (Å²) in [7, 11) is 3.75. The molecular formula is C18H40N4O2. The number of nitrogens with one attached hydrogen (secondary N) is 4. The lowest BCUT2D eigenvalue weighted by Crippen LogP contribution is -2.22. The maximum atomic E-state index is 10.5. The van der Waals surface area contributed by atoms with Gasteiger partial charge in [0.25, 0.3) is 0 Å². The average Bonchev–Trinajstić information content (AvgIpc) is 2.50. The first kappa shape index (κ1) is 30.2. The summed E-state index contributed by atoms with van der Waals surface area (Å²) in [5.41, 5.74) is 1.12. The Morgan fingerprint density at radius 2 is 0.958 bits per heavy atom. The van der Waals surface area contributed by atoms with Crippen molar-refractivity contribution in [3.8, 4) is 0 Å². The second kappa shape index (κ2) is 26.2. The predicted octanol–water partition coefficient (Wildman–Crippen LogP) is 1.85. The van der Waals surface area contributed by atoms with Crippen LogP contribution in [-0.4, -0.2) is 52.1 Å². The molecule has 0 aromatic carbocycles. The van der Waals surface area contributed by atoms with Crippen molar-refractivity contribution in [2.75, 3.05) is 40.3 Å². The van der Waals surface area contributed by atoms with Gasteiger partial charge in [-0.1, -0.05) is 27.0 Å². The number of likely N-dealkylation sites (N-methyl/N-ethyl adjacent to an activating group) is 2. The predicted molar refractivity (Wildman–Crippen MR) is 106 cm³/mol. The number of rotatable bonds is 6. The van der Waals surface area contributed by atoms with Crippen LogP contribution in [0.5, 0.6) is 0 Å². The van der Waals surface area contributed by atoms with Gasteiger partial charge in [-0.05, 0) is 54.9 Å². The van der Waals surface area contributed by atoms with Crippen LogP contribution in [0.15, 0.2) is 24.3 Å². The molecule has 0 heterocycles. The molecule has 6 nitrogen and oxygen atoms in total. The zero-order valence-corrected chi connectivity index (χ0v) is 17.1. The van der Waals surface area contributed by atoms with Crippen molar-refractivity contribution in [1.82, 2.24) is 21.3 Å². The Labute approximate surface area is 149 Å². The van der Waals surface area contributed by atoms with E-state index in [1.165, 1.54) is 0 Å². The second-order valence-electron chi connectivity index (χ2n) is 4.74. The highest BCUT2D eigenvalue weighted by Crippen LogP contribution is 1.83. The van der Waals surface area contributed by atoms with Crippen molar-refractivity contribution < 1.29 is 9.59 Å². The van der Waals surface area contributed by atoms with Crippen LogP contribution in [0.1, 0.15) is 41.5 Å². The first-order valence-corrected chi connectivity index (χ1v) is 8.36. The Bertz CT molecular complexity index is 299. The van der Waals surface area contributed by atoms with E-state index in [0.29, 0.717) is 24.2 Å². The largest absolute Gasteiger partial charge is 0.353 e. The number of hydrogen-bond acceptors (Lipinski definition) is 4. The van der Waals surface area contributed by atoms with E-state index in [2.05, 4.69) is 48.3 Å². The molecule has 0 spiro atoms. The highest BCUT2D eigenvalue weighted by molar-refractivity contribution is 5.92. The molecule has 6 heteroatoms. The Hall–Kier alpha value is -1.66. The van der Waals surface area contributed by atoms with Crippen molar-refractivity contribution in [2.24, 2.45) is 0 Å². The zero-order chi connectivity index (χ0) is 20.0. The van der Waals surface area contributed by atoms with Crippen LogP contribution in [0.25, 0.3) is 0 Å². The zero-order valence-electron chi connectivity index (χ0n) is 17.1. The molecule has 0 fully saturated rings. The quantitative estimate of drug-likeness (QED) is 0.554. The van der Waals surface area contributed by atoms with Crippen molar-refractivity contribution in [2.45, 2.75) is 41.5 Å². The molecule has 0 unspecified atom stereocenters. The lowest BCUT2D eigenvalue weighted by Gasteiger charge is -1.97. The summed E-state index contributed by atoms with van der Waals surface area (Å²) >= 11 is 0. The van der Waals surface area contributed by atoms with Gasteiger partial charge < -0.3 is 21.3 Å². The fourth-order valence-corrected chi connectivity index (χ4v) is 0.873. The standard InChI is InChI=1S/2C6H11NO.C4H11N.C2H7N/c2*1-4-7-6(8)5(2)3;1-3-5-4-2;1-3-2/h2*2,4H2,1,3H3,(H,7,8);5H,3-4H2,1-2H3;3H,1-2H3. The van der Waals surface area contributed by atoms with Crippen LogP contribution < -0.4 is 21.3 Å². The van der Waals surface area contributed by atoms with Gasteiger partial charge in [0.1, 0.15) is 0 Å². The molecule has 0 aliphatic carbocycles. The first-order valence-electron chi connectivity index (χ1n) is 8.36. The normalized spacial score (nSPS) is 8.00. The SMILES string of the molecule is C=C(C)C(=O)NCC.C=C(C)C(=O)NCC.CCNCC.CNC. The van der Waals surface area contributed by atoms with Crippen LogP contribution >= 0.6 is 0 Å². The second-order valence-corrected chi connectivity index (χ2v) is 4.74. The van der Waals surface area contributed by atoms with Gasteiger partial charge in [-0.3, -0.25) is 9.59 Å². The smallest absolute Gasteiger partial charge is 0.246 e. The number of carbonyl (C=O) groups is 2. The third kappa shape index (κ3) is 37.0. The van der Waals surface area contributed by atoms with E-state index in [1.807, 2.05) is 27.9 Å². The van der Waals surface area contributed by atoms with Gasteiger partial charge in [0.2, 0.25) is 11.8 Å². The fraction of sp³-hybridized carbons (Fsp3) is 0.667.